The quantitative estimate of drug-likeness (QED) is 0.652. The van der Waals surface area contributed by atoms with Crippen LogP contribution in [0.2, 0.25) is 5.02 Å². The highest BCUT2D eigenvalue weighted by Gasteiger charge is 2.09. The molecule has 0 aliphatic heterocycles. The van der Waals surface area contributed by atoms with Crippen LogP contribution in [0.4, 0.5) is 11.4 Å². The Bertz CT molecular complexity index is 602. The monoisotopic (exact) mass is 340 g/mol. The van der Waals surface area contributed by atoms with Crippen LogP contribution in [0.3, 0.4) is 0 Å². The first-order chi connectivity index (χ1) is 9.06. The summed E-state index contributed by atoms with van der Waals surface area (Å²) < 4.78 is 1.01. The Morgan fingerprint density at radius 3 is 2.47 bits per heavy atom. The van der Waals surface area contributed by atoms with E-state index in [0.717, 1.165) is 15.7 Å². The normalized spacial score (nSPS) is 10.2. The summed E-state index contributed by atoms with van der Waals surface area (Å²) in [6.07, 6.45) is 0. The summed E-state index contributed by atoms with van der Waals surface area (Å²) in [5.41, 5.74) is 1.77. The number of rotatable bonds is 4. The van der Waals surface area contributed by atoms with Gasteiger partial charge in [0.05, 0.1) is 9.95 Å². The van der Waals surface area contributed by atoms with E-state index >= 15 is 0 Å². The molecule has 0 radical (unpaired) electrons. The number of non-ortho nitro benzene ring substituents is 1. The van der Waals surface area contributed by atoms with E-state index in [1.165, 1.54) is 12.1 Å². The summed E-state index contributed by atoms with van der Waals surface area (Å²) in [5.74, 6) is 0. The lowest BCUT2D eigenvalue weighted by molar-refractivity contribution is -0.384. The first-order valence-corrected chi connectivity index (χ1v) is 6.65. The molecule has 2 aromatic carbocycles. The van der Waals surface area contributed by atoms with Crippen molar-refractivity contribution in [3.63, 3.8) is 0 Å². The summed E-state index contributed by atoms with van der Waals surface area (Å²) in [4.78, 5) is 10.1. The van der Waals surface area contributed by atoms with Crippen LogP contribution in [0, 0.1) is 10.1 Å². The van der Waals surface area contributed by atoms with Gasteiger partial charge in [0.1, 0.15) is 0 Å². The van der Waals surface area contributed by atoms with Crippen LogP contribution >= 0.6 is 27.5 Å². The lowest BCUT2D eigenvalue weighted by atomic mass is 10.2. The SMILES string of the molecule is O=[N+]([O-])c1ccc(CNc2ccc(Br)cc2)c(Cl)c1. The van der Waals surface area contributed by atoms with Gasteiger partial charge in [-0.25, -0.2) is 0 Å². The number of nitro groups is 1. The fourth-order valence-corrected chi connectivity index (χ4v) is 2.06. The highest BCUT2D eigenvalue weighted by molar-refractivity contribution is 9.10. The molecule has 0 bridgehead atoms. The third-order valence-corrected chi connectivity index (χ3v) is 3.46. The van der Waals surface area contributed by atoms with Crippen molar-refractivity contribution in [2.45, 2.75) is 6.54 Å². The molecular weight excluding hydrogens is 332 g/mol. The number of nitrogens with one attached hydrogen (secondary N) is 1. The van der Waals surface area contributed by atoms with Gasteiger partial charge in [0.15, 0.2) is 0 Å². The Balaban J connectivity index is 2.07. The first-order valence-electron chi connectivity index (χ1n) is 5.48. The van der Waals surface area contributed by atoms with Gasteiger partial charge in [0.25, 0.3) is 5.69 Å². The summed E-state index contributed by atoms with van der Waals surface area (Å²) >= 11 is 9.37. The Labute approximate surface area is 123 Å². The Morgan fingerprint density at radius 1 is 1.21 bits per heavy atom. The van der Waals surface area contributed by atoms with E-state index in [4.69, 9.17) is 11.6 Å². The third-order valence-electron chi connectivity index (χ3n) is 2.57. The smallest absolute Gasteiger partial charge is 0.270 e. The van der Waals surface area contributed by atoms with Crippen molar-refractivity contribution in [3.8, 4) is 0 Å². The molecule has 0 unspecified atom stereocenters. The fraction of sp³-hybridized carbons (Fsp3) is 0.0769. The van der Waals surface area contributed by atoms with E-state index in [0.29, 0.717) is 11.6 Å². The average Bonchev–Trinajstić information content (AvgIpc) is 2.39. The lowest BCUT2D eigenvalue weighted by Crippen LogP contribution is -2.00. The predicted molar refractivity (Wildman–Crippen MR) is 79.6 cm³/mol. The highest BCUT2D eigenvalue weighted by atomic mass is 79.9. The van der Waals surface area contributed by atoms with E-state index < -0.39 is 4.92 Å². The van der Waals surface area contributed by atoms with Crippen LogP contribution in [0.1, 0.15) is 5.56 Å². The molecule has 2 aromatic rings. The number of halogens is 2. The maximum absolute atomic E-state index is 10.6. The molecule has 0 amide bonds. The molecule has 0 saturated carbocycles. The number of benzene rings is 2. The van der Waals surface area contributed by atoms with Crippen molar-refractivity contribution < 1.29 is 4.92 Å². The number of anilines is 1. The molecule has 0 heterocycles. The molecule has 6 heteroatoms. The third kappa shape index (κ3) is 3.68. The van der Waals surface area contributed by atoms with Gasteiger partial charge >= 0.3 is 0 Å². The van der Waals surface area contributed by atoms with Gasteiger partial charge in [-0.1, -0.05) is 27.5 Å². The largest absolute Gasteiger partial charge is 0.381 e. The molecule has 0 aromatic heterocycles. The van der Waals surface area contributed by atoms with Crippen molar-refractivity contribution >= 4 is 38.9 Å². The number of nitrogens with zero attached hydrogens (tertiary/aromatic N) is 1. The predicted octanol–water partition coefficient (Wildman–Crippen LogP) is 4.62. The van der Waals surface area contributed by atoms with Crippen LogP contribution in [0.5, 0.6) is 0 Å². The molecule has 0 aliphatic carbocycles. The van der Waals surface area contributed by atoms with Crippen LogP contribution in [0.25, 0.3) is 0 Å². The van der Waals surface area contributed by atoms with E-state index in [2.05, 4.69) is 21.2 Å². The molecule has 1 N–H and O–H groups in total. The van der Waals surface area contributed by atoms with Crippen LogP contribution in [0.15, 0.2) is 46.9 Å². The van der Waals surface area contributed by atoms with Crippen LogP contribution in [-0.4, -0.2) is 4.92 Å². The Hall–Kier alpha value is -1.59. The Morgan fingerprint density at radius 2 is 1.89 bits per heavy atom. The van der Waals surface area contributed by atoms with E-state index in [9.17, 15) is 10.1 Å². The highest BCUT2D eigenvalue weighted by Crippen LogP contribution is 2.23. The molecular formula is C13H10BrClN2O2. The van der Waals surface area contributed by atoms with Gasteiger partial charge in [-0.3, -0.25) is 10.1 Å². The van der Waals surface area contributed by atoms with E-state index in [1.807, 2.05) is 24.3 Å². The summed E-state index contributed by atoms with van der Waals surface area (Å²) in [5, 5.41) is 14.2. The van der Waals surface area contributed by atoms with Crippen LogP contribution in [-0.2, 0) is 6.54 Å². The van der Waals surface area contributed by atoms with Gasteiger partial charge in [-0.05, 0) is 35.9 Å². The fourth-order valence-electron chi connectivity index (χ4n) is 1.56. The number of nitro benzene ring substituents is 1. The molecule has 0 aliphatic rings. The minimum atomic E-state index is -0.461. The molecule has 2 rings (SSSR count). The minimum Gasteiger partial charge on any atom is -0.381 e. The second-order valence-corrected chi connectivity index (χ2v) is 5.22. The van der Waals surface area contributed by atoms with Gasteiger partial charge in [0, 0.05) is 28.8 Å². The lowest BCUT2D eigenvalue weighted by Gasteiger charge is -2.08. The van der Waals surface area contributed by atoms with E-state index in [-0.39, 0.29) is 5.69 Å². The zero-order valence-corrected chi connectivity index (χ0v) is 12.1. The van der Waals surface area contributed by atoms with E-state index in [1.54, 1.807) is 6.07 Å². The van der Waals surface area contributed by atoms with Crippen molar-refractivity contribution in [2.24, 2.45) is 0 Å². The number of hydrogen-bond acceptors (Lipinski definition) is 3. The van der Waals surface area contributed by atoms with Gasteiger partial charge in [-0.15, -0.1) is 0 Å². The minimum absolute atomic E-state index is 0.00242. The van der Waals surface area contributed by atoms with Gasteiger partial charge in [-0.2, -0.15) is 0 Å². The zero-order valence-electron chi connectivity index (χ0n) is 9.77. The molecule has 0 fully saturated rings. The zero-order chi connectivity index (χ0) is 13.8. The van der Waals surface area contributed by atoms with Crippen molar-refractivity contribution in [1.82, 2.24) is 0 Å². The Kier molecular flexibility index (Phi) is 4.39. The second kappa shape index (κ2) is 6.04. The molecule has 0 saturated heterocycles. The molecule has 0 atom stereocenters. The van der Waals surface area contributed by atoms with Crippen molar-refractivity contribution in [2.75, 3.05) is 5.32 Å². The summed E-state index contributed by atoms with van der Waals surface area (Å²) in [6, 6.07) is 12.2. The van der Waals surface area contributed by atoms with Crippen molar-refractivity contribution in [1.29, 1.82) is 0 Å². The molecule has 4 nitrogen and oxygen atoms in total. The molecule has 0 spiro atoms. The maximum Gasteiger partial charge on any atom is 0.270 e. The topological polar surface area (TPSA) is 55.2 Å². The first kappa shape index (κ1) is 13.8. The second-order valence-electron chi connectivity index (χ2n) is 3.89. The standard InChI is InChI=1S/C13H10BrClN2O2/c14-10-2-4-11(5-3-10)16-8-9-1-6-12(17(18)19)7-13(9)15/h1-7,16H,8H2. The number of hydrogen-bond donors (Lipinski definition) is 1. The van der Waals surface area contributed by atoms with Crippen molar-refractivity contribution in [3.05, 3.63) is 67.6 Å². The maximum atomic E-state index is 10.6. The summed E-state index contributed by atoms with van der Waals surface area (Å²) in [7, 11) is 0. The van der Waals surface area contributed by atoms with Crippen LogP contribution < -0.4 is 5.32 Å². The average molecular weight is 342 g/mol. The summed E-state index contributed by atoms with van der Waals surface area (Å²) in [6.45, 7) is 0.512. The van der Waals surface area contributed by atoms with Gasteiger partial charge in [0.2, 0.25) is 0 Å². The van der Waals surface area contributed by atoms with Gasteiger partial charge < -0.3 is 5.32 Å². The molecule has 19 heavy (non-hydrogen) atoms. The molecule has 98 valence electrons.